The third-order valence-electron chi connectivity index (χ3n) is 3.54. The van der Waals surface area contributed by atoms with Gasteiger partial charge in [0.25, 0.3) is 0 Å². The highest BCUT2D eigenvalue weighted by atomic mass is 35.5. The number of likely N-dealkylation sites (tertiary alicyclic amines) is 1. The van der Waals surface area contributed by atoms with Gasteiger partial charge in [-0.15, -0.1) is 12.4 Å². The summed E-state index contributed by atoms with van der Waals surface area (Å²) in [5.41, 5.74) is 1.35. The van der Waals surface area contributed by atoms with Gasteiger partial charge >= 0.3 is 0 Å². The summed E-state index contributed by atoms with van der Waals surface area (Å²) in [6, 6.07) is 0.717. The van der Waals surface area contributed by atoms with E-state index in [1.54, 1.807) is 0 Å². The smallest absolute Gasteiger partial charge is 0.0534 e. The lowest BCUT2D eigenvalue weighted by Gasteiger charge is -2.31. The van der Waals surface area contributed by atoms with Crippen molar-refractivity contribution in [1.29, 1.82) is 0 Å². The molecule has 0 unspecified atom stereocenters. The number of hydrogen-bond acceptors (Lipinski definition) is 3. The van der Waals surface area contributed by atoms with Gasteiger partial charge in [-0.2, -0.15) is 5.10 Å². The molecule has 1 aromatic heterocycles. The second-order valence-corrected chi connectivity index (χ2v) is 4.95. The predicted octanol–water partition coefficient (Wildman–Crippen LogP) is 1.90. The molecule has 104 valence electrons. The van der Waals surface area contributed by atoms with E-state index in [2.05, 4.69) is 40.2 Å². The fourth-order valence-electron chi connectivity index (χ4n) is 2.48. The van der Waals surface area contributed by atoms with Crippen LogP contribution >= 0.6 is 12.4 Å². The van der Waals surface area contributed by atoms with Crippen molar-refractivity contribution in [1.82, 2.24) is 20.0 Å². The van der Waals surface area contributed by atoms with Gasteiger partial charge in [0, 0.05) is 30.9 Å². The summed E-state index contributed by atoms with van der Waals surface area (Å²) in [5, 5.41) is 7.75. The number of nitrogens with one attached hydrogen (secondary N) is 1. The third-order valence-corrected chi connectivity index (χ3v) is 3.54. The fourth-order valence-corrected chi connectivity index (χ4v) is 2.48. The number of rotatable bonds is 5. The van der Waals surface area contributed by atoms with Crippen LogP contribution in [0.3, 0.4) is 0 Å². The number of piperidine rings is 1. The number of aromatic nitrogens is 2. The van der Waals surface area contributed by atoms with Gasteiger partial charge in [-0.1, -0.05) is 6.92 Å². The van der Waals surface area contributed by atoms with Crippen molar-refractivity contribution < 1.29 is 0 Å². The highest BCUT2D eigenvalue weighted by Crippen LogP contribution is 2.13. The molecule has 2 rings (SSSR count). The number of nitrogens with zero attached hydrogens (tertiary/aromatic N) is 3. The zero-order chi connectivity index (χ0) is 12.1. The quantitative estimate of drug-likeness (QED) is 0.889. The van der Waals surface area contributed by atoms with Crippen LogP contribution in [0.25, 0.3) is 0 Å². The Kier molecular flexibility index (Phi) is 6.68. The zero-order valence-corrected chi connectivity index (χ0v) is 12.2. The SMILES string of the molecule is CCCn1cc(CN2CCC(NC)CC2)cn1.Cl. The average molecular weight is 273 g/mol. The molecule has 0 spiro atoms. The van der Waals surface area contributed by atoms with Crippen molar-refractivity contribution in [2.24, 2.45) is 0 Å². The summed E-state index contributed by atoms with van der Waals surface area (Å²) < 4.78 is 2.05. The van der Waals surface area contributed by atoms with Gasteiger partial charge in [0.05, 0.1) is 6.20 Å². The fraction of sp³-hybridized carbons (Fsp3) is 0.769. The van der Waals surface area contributed by atoms with Crippen LogP contribution in [-0.4, -0.2) is 40.9 Å². The minimum atomic E-state index is 0. The van der Waals surface area contributed by atoms with Crippen molar-refractivity contribution in [2.75, 3.05) is 20.1 Å². The Bertz CT molecular complexity index is 331. The van der Waals surface area contributed by atoms with E-state index in [4.69, 9.17) is 0 Å². The maximum atomic E-state index is 4.38. The van der Waals surface area contributed by atoms with Gasteiger partial charge in [0.15, 0.2) is 0 Å². The van der Waals surface area contributed by atoms with E-state index in [-0.39, 0.29) is 12.4 Å². The largest absolute Gasteiger partial charge is 0.317 e. The highest BCUT2D eigenvalue weighted by molar-refractivity contribution is 5.85. The molecule has 1 N–H and O–H groups in total. The first kappa shape index (κ1) is 15.5. The van der Waals surface area contributed by atoms with Crippen LogP contribution in [0.4, 0.5) is 0 Å². The first-order valence-electron chi connectivity index (χ1n) is 6.72. The Morgan fingerprint density at radius 1 is 1.39 bits per heavy atom. The molecule has 1 aliphatic heterocycles. The van der Waals surface area contributed by atoms with E-state index in [0.29, 0.717) is 6.04 Å². The minimum Gasteiger partial charge on any atom is -0.317 e. The van der Waals surface area contributed by atoms with E-state index >= 15 is 0 Å². The first-order chi connectivity index (χ1) is 8.31. The molecule has 18 heavy (non-hydrogen) atoms. The standard InChI is InChI=1S/C13H24N4.ClH/c1-3-6-17-11-12(9-15-17)10-16-7-4-13(14-2)5-8-16;/h9,11,13-14H,3-8,10H2,1-2H3;1H. The summed E-state index contributed by atoms with van der Waals surface area (Å²) in [6.45, 7) is 6.67. The molecule has 2 heterocycles. The lowest BCUT2D eigenvalue weighted by Crippen LogP contribution is -2.40. The Hall–Kier alpha value is -0.580. The van der Waals surface area contributed by atoms with Crippen molar-refractivity contribution in [2.45, 2.75) is 45.3 Å². The van der Waals surface area contributed by atoms with Gasteiger partial charge in [0.1, 0.15) is 0 Å². The molecule has 5 heteroatoms. The van der Waals surface area contributed by atoms with Crippen LogP contribution in [0, 0.1) is 0 Å². The van der Waals surface area contributed by atoms with Crippen LogP contribution in [0.5, 0.6) is 0 Å². The molecule has 0 aromatic carbocycles. The van der Waals surface area contributed by atoms with Crippen LogP contribution in [-0.2, 0) is 13.1 Å². The molecule has 1 saturated heterocycles. The van der Waals surface area contributed by atoms with E-state index < -0.39 is 0 Å². The normalized spacial score (nSPS) is 17.7. The molecule has 0 saturated carbocycles. The van der Waals surface area contributed by atoms with Crippen LogP contribution in [0.2, 0.25) is 0 Å². The third kappa shape index (κ3) is 4.26. The summed E-state index contributed by atoms with van der Waals surface area (Å²) in [7, 11) is 2.06. The van der Waals surface area contributed by atoms with E-state index in [1.807, 2.05) is 6.20 Å². The lowest BCUT2D eigenvalue weighted by molar-refractivity contribution is 0.194. The average Bonchev–Trinajstić information content (AvgIpc) is 2.78. The maximum absolute atomic E-state index is 4.38. The molecule has 4 nitrogen and oxygen atoms in total. The number of aryl methyl sites for hydroxylation is 1. The minimum absolute atomic E-state index is 0. The number of halogens is 1. The van der Waals surface area contributed by atoms with Crippen molar-refractivity contribution in [3.8, 4) is 0 Å². The van der Waals surface area contributed by atoms with Crippen molar-refractivity contribution >= 4 is 12.4 Å². The molecular formula is C13H25ClN4. The van der Waals surface area contributed by atoms with E-state index in [9.17, 15) is 0 Å². The molecule has 1 aromatic rings. The molecule has 0 bridgehead atoms. The monoisotopic (exact) mass is 272 g/mol. The second-order valence-electron chi connectivity index (χ2n) is 4.95. The molecule has 1 fully saturated rings. The van der Waals surface area contributed by atoms with Gasteiger partial charge < -0.3 is 5.32 Å². The second kappa shape index (κ2) is 7.77. The Morgan fingerprint density at radius 3 is 2.72 bits per heavy atom. The highest BCUT2D eigenvalue weighted by Gasteiger charge is 2.17. The summed E-state index contributed by atoms with van der Waals surface area (Å²) in [6.07, 6.45) is 7.88. The summed E-state index contributed by atoms with van der Waals surface area (Å²) in [4.78, 5) is 2.53. The van der Waals surface area contributed by atoms with Gasteiger partial charge in [-0.25, -0.2) is 0 Å². The van der Waals surface area contributed by atoms with E-state index in [0.717, 1.165) is 19.5 Å². The Balaban J connectivity index is 0.00000162. The Labute approximate surface area is 116 Å². The molecule has 0 atom stereocenters. The molecule has 0 aliphatic carbocycles. The first-order valence-corrected chi connectivity index (χ1v) is 6.72. The van der Waals surface area contributed by atoms with Gasteiger partial charge in [0.2, 0.25) is 0 Å². The van der Waals surface area contributed by atoms with Crippen LogP contribution in [0.15, 0.2) is 12.4 Å². The van der Waals surface area contributed by atoms with E-state index in [1.165, 1.54) is 31.5 Å². The topological polar surface area (TPSA) is 33.1 Å². The lowest BCUT2D eigenvalue weighted by atomic mass is 10.1. The molecule has 0 amide bonds. The molecular weight excluding hydrogens is 248 g/mol. The number of hydrogen-bond donors (Lipinski definition) is 1. The van der Waals surface area contributed by atoms with Crippen molar-refractivity contribution in [3.63, 3.8) is 0 Å². The zero-order valence-electron chi connectivity index (χ0n) is 11.4. The van der Waals surface area contributed by atoms with Crippen LogP contribution < -0.4 is 5.32 Å². The molecule has 0 radical (unpaired) electrons. The van der Waals surface area contributed by atoms with Crippen LogP contribution in [0.1, 0.15) is 31.7 Å². The van der Waals surface area contributed by atoms with Gasteiger partial charge in [-0.3, -0.25) is 9.58 Å². The predicted molar refractivity (Wildman–Crippen MR) is 77.1 cm³/mol. The molecule has 1 aliphatic rings. The maximum Gasteiger partial charge on any atom is 0.0534 e. The van der Waals surface area contributed by atoms with Crippen molar-refractivity contribution in [3.05, 3.63) is 18.0 Å². The summed E-state index contributed by atoms with van der Waals surface area (Å²) >= 11 is 0. The van der Waals surface area contributed by atoms with Gasteiger partial charge in [-0.05, 0) is 39.4 Å². The summed E-state index contributed by atoms with van der Waals surface area (Å²) in [5.74, 6) is 0. The Morgan fingerprint density at radius 2 is 2.11 bits per heavy atom.